The monoisotopic (exact) mass is 217 g/mol. The number of aliphatic hydroxyl groups excluding tert-OH is 1. The fourth-order valence-electron chi connectivity index (χ4n) is 1.52. The average molecular weight is 217 g/mol. The zero-order valence-electron chi connectivity index (χ0n) is 10.9. The van der Waals surface area contributed by atoms with Gasteiger partial charge in [-0.05, 0) is 31.7 Å². The Labute approximate surface area is 94.2 Å². The first-order valence-electron chi connectivity index (χ1n) is 5.68. The summed E-state index contributed by atoms with van der Waals surface area (Å²) in [6.45, 7) is 10.6. The van der Waals surface area contributed by atoms with Gasteiger partial charge in [0, 0.05) is 19.3 Å². The van der Waals surface area contributed by atoms with Crippen molar-refractivity contribution in [3.63, 3.8) is 0 Å². The van der Waals surface area contributed by atoms with Crippen LogP contribution in [0, 0.1) is 5.41 Å². The number of rotatable bonds is 7. The minimum atomic E-state index is -0.102. The molecule has 2 N–H and O–H groups in total. The zero-order chi connectivity index (χ0) is 11.9. The van der Waals surface area contributed by atoms with Gasteiger partial charge >= 0.3 is 0 Å². The van der Waals surface area contributed by atoms with Gasteiger partial charge in [-0.15, -0.1) is 0 Å². The van der Waals surface area contributed by atoms with Gasteiger partial charge in [-0.25, -0.2) is 0 Å². The molecule has 0 heterocycles. The van der Waals surface area contributed by atoms with E-state index in [4.69, 9.17) is 9.84 Å². The second-order valence-electron chi connectivity index (χ2n) is 5.70. The summed E-state index contributed by atoms with van der Waals surface area (Å²) in [5.41, 5.74) is 0.245. The van der Waals surface area contributed by atoms with Crippen LogP contribution >= 0.6 is 0 Å². The summed E-state index contributed by atoms with van der Waals surface area (Å²) in [5.74, 6) is 0. The van der Waals surface area contributed by atoms with Crippen LogP contribution in [0.2, 0.25) is 0 Å². The SMILES string of the molecule is COCC(C)(CCO)NCCC(C)(C)C. The van der Waals surface area contributed by atoms with Crippen molar-refractivity contribution in [3.05, 3.63) is 0 Å². The molecular formula is C12H27NO2. The predicted molar refractivity (Wildman–Crippen MR) is 64.1 cm³/mol. The fourth-order valence-corrected chi connectivity index (χ4v) is 1.52. The summed E-state index contributed by atoms with van der Waals surface area (Å²) < 4.78 is 5.17. The van der Waals surface area contributed by atoms with Gasteiger partial charge < -0.3 is 15.2 Å². The van der Waals surface area contributed by atoms with Crippen molar-refractivity contribution in [1.29, 1.82) is 0 Å². The second kappa shape index (κ2) is 6.46. The van der Waals surface area contributed by atoms with Crippen LogP contribution in [-0.4, -0.2) is 37.5 Å². The molecule has 15 heavy (non-hydrogen) atoms. The van der Waals surface area contributed by atoms with Gasteiger partial charge in [-0.2, -0.15) is 0 Å². The van der Waals surface area contributed by atoms with Gasteiger partial charge in [0.05, 0.1) is 6.61 Å². The minimum absolute atomic E-state index is 0.102. The van der Waals surface area contributed by atoms with Crippen molar-refractivity contribution in [2.75, 3.05) is 26.9 Å². The highest BCUT2D eigenvalue weighted by Crippen LogP contribution is 2.18. The van der Waals surface area contributed by atoms with Crippen molar-refractivity contribution in [1.82, 2.24) is 5.32 Å². The zero-order valence-corrected chi connectivity index (χ0v) is 10.9. The maximum Gasteiger partial charge on any atom is 0.0642 e. The number of aliphatic hydroxyl groups is 1. The molecule has 0 amide bonds. The Morgan fingerprint density at radius 2 is 1.73 bits per heavy atom. The van der Waals surface area contributed by atoms with E-state index in [1.165, 1.54) is 0 Å². The molecule has 1 atom stereocenters. The number of ether oxygens (including phenoxy) is 1. The molecule has 0 aromatic heterocycles. The van der Waals surface area contributed by atoms with E-state index >= 15 is 0 Å². The minimum Gasteiger partial charge on any atom is -0.396 e. The standard InChI is InChI=1S/C12H27NO2/c1-11(2,3)6-8-13-12(4,7-9-14)10-15-5/h13-14H,6-10H2,1-5H3. The third kappa shape index (κ3) is 7.77. The summed E-state index contributed by atoms with van der Waals surface area (Å²) in [7, 11) is 1.70. The first-order chi connectivity index (χ1) is 6.83. The maximum absolute atomic E-state index is 8.99. The van der Waals surface area contributed by atoms with Gasteiger partial charge in [0.15, 0.2) is 0 Å². The summed E-state index contributed by atoms with van der Waals surface area (Å²) in [4.78, 5) is 0. The van der Waals surface area contributed by atoms with Gasteiger partial charge in [0.1, 0.15) is 0 Å². The molecule has 0 aliphatic carbocycles. The molecular weight excluding hydrogens is 190 g/mol. The summed E-state index contributed by atoms with van der Waals surface area (Å²) in [6.07, 6.45) is 1.85. The van der Waals surface area contributed by atoms with Crippen LogP contribution in [0.5, 0.6) is 0 Å². The lowest BCUT2D eigenvalue weighted by Crippen LogP contribution is -2.47. The molecule has 0 aliphatic heterocycles. The predicted octanol–water partition coefficient (Wildman–Crippen LogP) is 1.80. The highest BCUT2D eigenvalue weighted by atomic mass is 16.5. The number of hydrogen-bond acceptors (Lipinski definition) is 3. The van der Waals surface area contributed by atoms with Crippen LogP contribution in [0.3, 0.4) is 0 Å². The van der Waals surface area contributed by atoms with E-state index in [2.05, 4.69) is 33.0 Å². The quantitative estimate of drug-likeness (QED) is 0.683. The Hall–Kier alpha value is -0.120. The fraction of sp³-hybridized carbons (Fsp3) is 1.00. The lowest BCUT2D eigenvalue weighted by atomic mass is 9.91. The van der Waals surface area contributed by atoms with Crippen LogP contribution in [0.25, 0.3) is 0 Å². The van der Waals surface area contributed by atoms with Crippen molar-refractivity contribution in [2.24, 2.45) is 5.41 Å². The van der Waals surface area contributed by atoms with Crippen LogP contribution in [-0.2, 0) is 4.74 Å². The Kier molecular flexibility index (Phi) is 6.41. The van der Waals surface area contributed by atoms with Gasteiger partial charge in [-0.3, -0.25) is 0 Å². The van der Waals surface area contributed by atoms with Gasteiger partial charge in [-0.1, -0.05) is 20.8 Å². The molecule has 0 aromatic carbocycles. The summed E-state index contributed by atoms with van der Waals surface area (Å²) >= 11 is 0. The molecule has 0 aromatic rings. The van der Waals surface area contributed by atoms with Crippen LogP contribution in [0.1, 0.15) is 40.5 Å². The molecule has 3 heteroatoms. The molecule has 0 fully saturated rings. The van der Waals surface area contributed by atoms with E-state index in [0.717, 1.165) is 19.4 Å². The Morgan fingerprint density at radius 3 is 2.13 bits per heavy atom. The number of methoxy groups -OCH3 is 1. The van der Waals surface area contributed by atoms with Crippen LogP contribution in [0.4, 0.5) is 0 Å². The molecule has 1 unspecified atom stereocenters. The average Bonchev–Trinajstić information content (AvgIpc) is 2.01. The summed E-state index contributed by atoms with van der Waals surface area (Å²) in [5, 5.41) is 12.5. The number of hydrogen-bond donors (Lipinski definition) is 2. The van der Waals surface area contributed by atoms with Crippen LogP contribution < -0.4 is 5.32 Å². The molecule has 0 spiro atoms. The molecule has 0 aliphatic rings. The lowest BCUT2D eigenvalue weighted by Gasteiger charge is -2.31. The van der Waals surface area contributed by atoms with E-state index in [-0.39, 0.29) is 12.1 Å². The molecule has 3 nitrogen and oxygen atoms in total. The smallest absolute Gasteiger partial charge is 0.0642 e. The number of nitrogens with one attached hydrogen (secondary N) is 1. The molecule has 0 rings (SSSR count). The van der Waals surface area contributed by atoms with E-state index < -0.39 is 0 Å². The normalized spacial score (nSPS) is 16.4. The molecule has 0 saturated carbocycles. The molecule has 92 valence electrons. The van der Waals surface area contributed by atoms with Crippen molar-refractivity contribution in [2.45, 2.75) is 46.1 Å². The topological polar surface area (TPSA) is 41.5 Å². The largest absolute Gasteiger partial charge is 0.396 e. The Morgan fingerprint density at radius 1 is 1.13 bits per heavy atom. The second-order valence-corrected chi connectivity index (χ2v) is 5.70. The van der Waals surface area contributed by atoms with Crippen molar-refractivity contribution >= 4 is 0 Å². The highest BCUT2D eigenvalue weighted by molar-refractivity contribution is 4.83. The Balaban J connectivity index is 3.95. The first kappa shape index (κ1) is 14.9. The summed E-state index contributed by atoms with van der Waals surface area (Å²) in [6, 6.07) is 0. The van der Waals surface area contributed by atoms with Gasteiger partial charge in [0.2, 0.25) is 0 Å². The first-order valence-corrected chi connectivity index (χ1v) is 5.68. The molecule has 0 saturated heterocycles. The highest BCUT2D eigenvalue weighted by Gasteiger charge is 2.23. The van der Waals surface area contributed by atoms with Crippen molar-refractivity contribution in [3.8, 4) is 0 Å². The maximum atomic E-state index is 8.99. The van der Waals surface area contributed by atoms with Gasteiger partial charge in [0.25, 0.3) is 0 Å². The molecule has 0 bridgehead atoms. The van der Waals surface area contributed by atoms with E-state index in [0.29, 0.717) is 12.0 Å². The van der Waals surface area contributed by atoms with E-state index in [9.17, 15) is 0 Å². The van der Waals surface area contributed by atoms with E-state index in [1.54, 1.807) is 7.11 Å². The third-order valence-corrected chi connectivity index (χ3v) is 2.55. The molecule has 0 radical (unpaired) electrons. The van der Waals surface area contributed by atoms with Crippen molar-refractivity contribution < 1.29 is 9.84 Å². The lowest BCUT2D eigenvalue weighted by molar-refractivity contribution is 0.0960. The third-order valence-electron chi connectivity index (χ3n) is 2.55. The van der Waals surface area contributed by atoms with Crippen LogP contribution in [0.15, 0.2) is 0 Å². The van der Waals surface area contributed by atoms with E-state index in [1.807, 2.05) is 0 Å². The Bertz CT molecular complexity index is 157.